The summed E-state index contributed by atoms with van der Waals surface area (Å²) in [7, 11) is 1.24. The minimum Gasteiger partial charge on any atom is -0.463 e. The molecule has 1 heterocycles. The van der Waals surface area contributed by atoms with Crippen molar-refractivity contribution in [2.45, 2.75) is 6.92 Å². The van der Waals surface area contributed by atoms with E-state index in [9.17, 15) is 9.59 Å². The van der Waals surface area contributed by atoms with Crippen LogP contribution in [0.2, 0.25) is 0 Å². The Balaban J connectivity index is 2.36. The lowest BCUT2D eigenvalue weighted by atomic mass is 10.1. The zero-order valence-electron chi connectivity index (χ0n) is 11.6. The minimum atomic E-state index is -0.644. The third kappa shape index (κ3) is 2.99. The van der Waals surface area contributed by atoms with Gasteiger partial charge in [0.25, 0.3) is 5.82 Å². The Morgan fingerprint density at radius 2 is 2.10 bits per heavy atom. The molecule has 110 valence electrons. The number of anilines is 1. The molecule has 0 bridgehead atoms. The Kier molecular flexibility index (Phi) is 4.17. The second-order valence-corrected chi connectivity index (χ2v) is 4.00. The van der Waals surface area contributed by atoms with E-state index in [0.29, 0.717) is 11.4 Å². The molecule has 0 aliphatic carbocycles. The van der Waals surface area contributed by atoms with E-state index in [4.69, 9.17) is 10.5 Å². The predicted octanol–water partition coefficient (Wildman–Crippen LogP) is 0.813. The van der Waals surface area contributed by atoms with Crippen LogP contribution in [0.4, 0.5) is 5.69 Å². The first-order valence-corrected chi connectivity index (χ1v) is 6.13. The van der Waals surface area contributed by atoms with Gasteiger partial charge in [0, 0.05) is 5.69 Å². The van der Waals surface area contributed by atoms with Crippen LogP contribution in [0.3, 0.4) is 0 Å². The van der Waals surface area contributed by atoms with E-state index in [0.717, 1.165) is 0 Å². The summed E-state index contributed by atoms with van der Waals surface area (Å²) in [4.78, 5) is 26.9. The molecule has 0 aliphatic rings. The highest BCUT2D eigenvalue weighted by Gasteiger charge is 2.15. The van der Waals surface area contributed by atoms with E-state index in [1.54, 1.807) is 19.1 Å². The lowest BCUT2D eigenvalue weighted by Gasteiger charge is -2.07. The number of aromatic nitrogens is 3. The average Bonchev–Trinajstić information content (AvgIpc) is 2.97. The van der Waals surface area contributed by atoms with Crippen LogP contribution in [0.1, 0.15) is 27.9 Å². The maximum absolute atomic E-state index is 11.8. The van der Waals surface area contributed by atoms with Crippen molar-refractivity contribution in [3.63, 3.8) is 0 Å². The quantitative estimate of drug-likeness (QED) is 0.655. The molecule has 0 atom stereocenters. The lowest BCUT2D eigenvalue weighted by molar-refractivity contribution is 0.0526. The molecule has 0 radical (unpaired) electrons. The van der Waals surface area contributed by atoms with E-state index < -0.39 is 11.9 Å². The van der Waals surface area contributed by atoms with Crippen LogP contribution in [-0.4, -0.2) is 40.4 Å². The molecule has 0 saturated carbocycles. The normalized spacial score (nSPS) is 10.2. The second-order valence-electron chi connectivity index (χ2n) is 4.00. The van der Waals surface area contributed by atoms with Crippen LogP contribution in [0.5, 0.6) is 0 Å². The van der Waals surface area contributed by atoms with Gasteiger partial charge >= 0.3 is 11.9 Å². The fourth-order valence-electron chi connectivity index (χ4n) is 1.64. The summed E-state index contributed by atoms with van der Waals surface area (Å²) >= 11 is 0. The highest BCUT2D eigenvalue weighted by Crippen LogP contribution is 2.18. The largest absolute Gasteiger partial charge is 0.463 e. The lowest BCUT2D eigenvalue weighted by Crippen LogP contribution is -2.09. The van der Waals surface area contributed by atoms with Crippen LogP contribution in [0, 0.1) is 0 Å². The number of ether oxygens (including phenoxy) is 2. The summed E-state index contributed by atoms with van der Waals surface area (Å²) in [5, 5.41) is 3.97. The molecule has 1 aromatic carbocycles. The molecule has 8 heteroatoms. The van der Waals surface area contributed by atoms with Gasteiger partial charge in [0.05, 0.1) is 25.0 Å². The topological polar surface area (TPSA) is 109 Å². The number of benzene rings is 1. The molecule has 1 aromatic heterocycles. The van der Waals surface area contributed by atoms with Gasteiger partial charge in [-0.15, -0.1) is 5.10 Å². The summed E-state index contributed by atoms with van der Waals surface area (Å²) in [6.07, 6.45) is 1.34. The standard InChI is InChI=1S/C13H14N4O4/c1-3-21-12(18)9-6-8(4-5-10(9)14)17-7-15-11(16-17)13(19)20-2/h4-7H,3,14H2,1-2H3. The number of nitrogens with zero attached hydrogens (tertiary/aromatic N) is 3. The van der Waals surface area contributed by atoms with Crippen LogP contribution in [0.25, 0.3) is 5.69 Å². The predicted molar refractivity (Wildman–Crippen MR) is 73.1 cm³/mol. The number of nitrogen functional groups attached to an aromatic ring is 1. The molecule has 0 spiro atoms. The average molecular weight is 290 g/mol. The van der Waals surface area contributed by atoms with Gasteiger partial charge in [0.2, 0.25) is 0 Å². The molecule has 0 fully saturated rings. The number of nitrogens with two attached hydrogens (primary N) is 1. The zero-order chi connectivity index (χ0) is 15.4. The molecule has 2 aromatic rings. The maximum Gasteiger partial charge on any atom is 0.377 e. The number of carbonyl (C=O) groups excluding carboxylic acids is 2. The molecule has 2 N–H and O–H groups in total. The van der Waals surface area contributed by atoms with Gasteiger partial charge < -0.3 is 15.2 Å². The van der Waals surface area contributed by atoms with E-state index in [1.807, 2.05) is 0 Å². The van der Waals surface area contributed by atoms with Crippen LogP contribution >= 0.6 is 0 Å². The molecular weight excluding hydrogens is 276 g/mol. The number of rotatable bonds is 4. The fourth-order valence-corrected chi connectivity index (χ4v) is 1.64. The highest BCUT2D eigenvalue weighted by atomic mass is 16.5. The van der Waals surface area contributed by atoms with Crippen molar-refractivity contribution in [2.75, 3.05) is 19.5 Å². The zero-order valence-corrected chi connectivity index (χ0v) is 11.6. The molecule has 0 saturated heterocycles. The maximum atomic E-state index is 11.8. The van der Waals surface area contributed by atoms with Crippen molar-refractivity contribution in [3.8, 4) is 5.69 Å². The fraction of sp³-hybridized carbons (Fsp3) is 0.231. The van der Waals surface area contributed by atoms with Gasteiger partial charge in [-0.3, -0.25) is 0 Å². The highest BCUT2D eigenvalue weighted by molar-refractivity contribution is 5.95. The first-order chi connectivity index (χ1) is 10.1. The van der Waals surface area contributed by atoms with E-state index in [2.05, 4.69) is 14.8 Å². The van der Waals surface area contributed by atoms with Gasteiger partial charge in [-0.05, 0) is 25.1 Å². The van der Waals surface area contributed by atoms with Crippen molar-refractivity contribution >= 4 is 17.6 Å². The third-order valence-corrected chi connectivity index (χ3v) is 2.66. The van der Waals surface area contributed by atoms with Gasteiger partial charge in [0.1, 0.15) is 6.33 Å². The Hall–Kier alpha value is -2.90. The molecule has 8 nitrogen and oxygen atoms in total. The van der Waals surface area contributed by atoms with Gasteiger partial charge in [-0.1, -0.05) is 0 Å². The Bertz CT molecular complexity index is 681. The van der Waals surface area contributed by atoms with Crippen LogP contribution in [0.15, 0.2) is 24.5 Å². The smallest absolute Gasteiger partial charge is 0.377 e. The monoisotopic (exact) mass is 290 g/mol. The number of hydrogen-bond donors (Lipinski definition) is 1. The number of esters is 2. The van der Waals surface area contributed by atoms with Gasteiger partial charge in [-0.2, -0.15) is 0 Å². The summed E-state index contributed by atoms with van der Waals surface area (Å²) in [5.74, 6) is -1.24. The number of methoxy groups -OCH3 is 1. The molecule has 2 rings (SSSR count). The Morgan fingerprint density at radius 1 is 1.33 bits per heavy atom. The van der Waals surface area contributed by atoms with Crippen molar-refractivity contribution < 1.29 is 19.1 Å². The van der Waals surface area contributed by atoms with Crippen molar-refractivity contribution in [3.05, 3.63) is 35.9 Å². The molecular formula is C13H14N4O4. The summed E-state index contributed by atoms with van der Waals surface area (Å²) < 4.78 is 10.8. The second kappa shape index (κ2) is 6.04. The molecule has 21 heavy (non-hydrogen) atoms. The molecule has 0 aliphatic heterocycles. The third-order valence-electron chi connectivity index (χ3n) is 2.66. The molecule has 0 amide bonds. The SMILES string of the molecule is CCOC(=O)c1cc(-n2cnc(C(=O)OC)n2)ccc1N. The van der Waals surface area contributed by atoms with Gasteiger partial charge in [0.15, 0.2) is 0 Å². The Labute approximate surface area is 120 Å². The van der Waals surface area contributed by atoms with E-state index in [1.165, 1.54) is 24.2 Å². The van der Waals surface area contributed by atoms with Crippen molar-refractivity contribution in [1.29, 1.82) is 0 Å². The minimum absolute atomic E-state index is 0.0768. The Morgan fingerprint density at radius 3 is 2.76 bits per heavy atom. The number of hydrogen-bond acceptors (Lipinski definition) is 7. The first kappa shape index (κ1) is 14.5. The van der Waals surface area contributed by atoms with Crippen LogP contribution < -0.4 is 5.73 Å². The summed E-state index contributed by atoms with van der Waals surface area (Å²) in [5.41, 5.74) is 6.80. The summed E-state index contributed by atoms with van der Waals surface area (Å²) in [6.45, 7) is 1.95. The van der Waals surface area contributed by atoms with Crippen molar-refractivity contribution in [1.82, 2.24) is 14.8 Å². The number of carbonyl (C=O) groups is 2. The van der Waals surface area contributed by atoms with E-state index >= 15 is 0 Å². The van der Waals surface area contributed by atoms with E-state index in [-0.39, 0.29) is 18.0 Å². The van der Waals surface area contributed by atoms with Crippen LogP contribution in [-0.2, 0) is 9.47 Å². The molecule has 0 unspecified atom stereocenters. The van der Waals surface area contributed by atoms with Crippen molar-refractivity contribution in [2.24, 2.45) is 0 Å². The summed E-state index contributed by atoms with van der Waals surface area (Å²) in [6, 6.07) is 4.72. The van der Waals surface area contributed by atoms with Gasteiger partial charge in [-0.25, -0.2) is 19.3 Å². The first-order valence-electron chi connectivity index (χ1n) is 6.13.